The first kappa shape index (κ1) is 23.0. The van der Waals surface area contributed by atoms with E-state index in [1.165, 1.54) is 11.2 Å². The molecule has 1 unspecified atom stereocenters. The molecule has 2 fully saturated rings. The van der Waals surface area contributed by atoms with Gasteiger partial charge in [0.05, 0.1) is 12.9 Å². The topological polar surface area (TPSA) is 92.1 Å². The molecule has 1 spiro atoms. The van der Waals surface area contributed by atoms with Crippen LogP contribution in [0.4, 0.5) is 0 Å². The maximum atomic E-state index is 13.4. The van der Waals surface area contributed by atoms with E-state index in [1.807, 2.05) is 45.0 Å². The lowest BCUT2D eigenvalue weighted by Crippen LogP contribution is -2.60. The second-order valence-electron chi connectivity index (χ2n) is 9.17. The van der Waals surface area contributed by atoms with Crippen LogP contribution in [0.2, 0.25) is 0 Å². The van der Waals surface area contributed by atoms with Gasteiger partial charge in [-0.25, -0.2) is 0 Å². The van der Waals surface area contributed by atoms with Crippen molar-refractivity contribution < 1.29 is 23.5 Å². The number of furan rings is 1. The third kappa shape index (κ3) is 4.53. The molecule has 0 bridgehead atoms. The molecule has 1 atom stereocenters. The van der Waals surface area contributed by atoms with Crippen LogP contribution >= 0.6 is 0 Å². The van der Waals surface area contributed by atoms with Crippen molar-refractivity contribution in [2.24, 2.45) is 5.92 Å². The number of nitrogens with zero attached hydrogens (tertiary/aromatic N) is 2. The number of hydrogen-bond acceptors (Lipinski definition) is 5. The number of ether oxygens (including phenoxy) is 1. The molecule has 0 saturated carbocycles. The quantitative estimate of drug-likeness (QED) is 0.752. The summed E-state index contributed by atoms with van der Waals surface area (Å²) in [7, 11) is 0. The number of nitrogens with one attached hydrogen (secondary N) is 1. The summed E-state index contributed by atoms with van der Waals surface area (Å²) in [6, 6.07) is 10.0. The Morgan fingerprint density at radius 3 is 2.45 bits per heavy atom. The fourth-order valence-corrected chi connectivity index (χ4v) is 4.55. The number of aryl methyl sites for hydroxylation is 1. The number of hydrogen-bond donors (Lipinski definition) is 1. The number of piperidine rings is 1. The molecule has 2 saturated heterocycles. The predicted octanol–water partition coefficient (Wildman–Crippen LogP) is 2.83. The molecular formula is C25H31N3O5. The fourth-order valence-electron chi connectivity index (χ4n) is 4.55. The summed E-state index contributed by atoms with van der Waals surface area (Å²) in [6.45, 7) is 7.43. The van der Waals surface area contributed by atoms with Crippen molar-refractivity contribution in [2.45, 2.75) is 45.4 Å². The smallest absolute Gasteiger partial charge is 0.292 e. The number of amides is 3. The Balaban J connectivity index is 1.54. The van der Waals surface area contributed by atoms with Gasteiger partial charge in [0.1, 0.15) is 11.8 Å². The predicted molar refractivity (Wildman–Crippen MR) is 122 cm³/mol. The van der Waals surface area contributed by atoms with E-state index in [1.54, 1.807) is 17.0 Å². The van der Waals surface area contributed by atoms with Gasteiger partial charge in [0.25, 0.3) is 11.8 Å². The minimum absolute atomic E-state index is 0.0314. The first-order chi connectivity index (χ1) is 15.8. The van der Waals surface area contributed by atoms with Crippen LogP contribution in [0.1, 0.15) is 53.2 Å². The van der Waals surface area contributed by atoms with Crippen molar-refractivity contribution >= 4 is 17.7 Å². The van der Waals surface area contributed by atoms with Gasteiger partial charge in [-0.3, -0.25) is 19.3 Å². The van der Waals surface area contributed by atoms with Crippen molar-refractivity contribution in [1.29, 1.82) is 0 Å². The first-order valence-electron chi connectivity index (χ1n) is 11.5. The van der Waals surface area contributed by atoms with Gasteiger partial charge in [0, 0.05) is 38.0 Å². The van der Waals surface area contributed by atoms with Gasteiger partial charge in [0.15, 0.2) is 5.76 Å². The molecule has 3 amide bonds. The summed E-state index contributed by atoms with van der Waals surface area (Å²) < 4.78 is 11.5. The van der Waals surface area contributed by atoms with Gasteiger partial charge in [-0.05, 0) is 36.6 Å². The van der Waals surface area contributed by atoms with Crippen LogP contribution in [0.5, 0.6) is 0 Å². The van der Waals surface area contributed by atoms with Crippen LogP contribution in [0.15, 0.2) is 47.1 Å². The Hall–Kier alpha value is -3.13. The SMILES string of the molecule is Cc1ccccc1C(=O)N1CCC2(CC1)OCC(C(=O)NCC(C)C)N2C(=O)c1ccco1. The van der Waals surface area contributed by atoms with E-state index in [2.05, 4.69) is 5.32 Å². The van der Waals surface area contributed by atoms with Crippen molar-refractivity contribution in [3.8, 4) is 0 Å². The number of carbonyl (C=O) groups is 3. The fraction of sp³-hybridized carbons (Fsp3) is 0.480. The minimum atomic E-state index is -0.952. The molecule has 4 rings (SSSR count). The molecule has 1 aromatic heterocycles. The highest BCUT2D eigenvalue weighted by molar-refractivity contribution is 5.97. The average Bonchev–Trinajstić information content (AvgIpc) is 3.46. The molecule has 2 aliphatic heterocycles. The monoisotopic (exact) mass is 453 g/mol. The number of likely N-dealkylation sites (tertiary alicyclic amines) is 1. The van der Waals surface area contributed by atoms with E-state index in [-0.39, 0.29) is 36.0 Å². The van der Waals surface area contributed by atoms with Gasteiger partial charge in [-0.1, -0.05) is 32.0 Å². The highest BCUT2D eigenvalue weighted by atomic mass is 16.5. The second kappa shape index (κ2) is 9.39. The van der Waals surface area contributed by atoms with E-state index in [9.17, 15) is 14.4 Å². The zero-order valence-corrected chi connectivity index (χ0v) is 19.4. The molecule has 176 valence electrons. The third-order valence-corrected chi connectivity index (χ3v) is 6.41. The molecule has 3 heterocycles. The maximum Gasteiger partial charge on any atom is 0.292 e. The summed E-state index contributed by atoms with van der Waals surface area (Å²) >= 11 is 0. The number of rotatable bonds is 5. The molecular weight excluding hydrogens is 422 g/mol. The standard InChI is InChI=1S/C25H31N3O5/c1-17(2)15-26-22(29)20-16-33-25(28(20)24(31)21-9-6-14-32-21)10-12-27(13-11-25)23(30)19-8-5-4-7-18(19)3/h4-9,14,17,20H,10-13,15-16H2,1-3H3,(H,26,29). The van der Waals surface area contributed by atoms with Crippen molar-refractivity contribution in [3.05, 3.63) is 59.5 Å². The zero-order chi connectivity index (χ0) is 23.6. The van der Waals surface area contributed by atoms with E-state index in [4.69, 9.17) is 9.15 Å². The molecule has 33 heavy (non-hydrogen) atoms. The normalized spacial score (nSPS) is 19.8. The molecule has 8 heteroatoms. The van der Waals surface area contributed by atoms with E-state index < -0.39 is 11.8 Å². The summed E-state index contributed by atoms with van der Waals surface area (Å²) in [6.07, 6.45) is 2.28. The van der Waals surface area contributed by atoms with Gasteiger partial charge in [-0.15, -0.1) is 0 Å². The summed E-state index contributed by atoms with van der Waals surface area (Å²) in [5, 5.41) is 2.92. The molecule has 1 N–H and O–H groups in total. The van der Waals surface area contributed by atoms with E-state index in [0.29, 0.717) is 38.0 Å². The van der Waals surface area contributed by atoms with Crippen LogP contribution in [0.3, 0.4) is 0 Å². The van der Waals surface area contributed by atoms with E-state index in [0.717, 1.165) is 5.56 Å². The maximum absolute atomic E-state index is 13.4. The molecule has 2 aromatic rings. The summed E-state index contributed by atoms with van der Waals surface area (Å²) in [5.74, 6) is -0.189. The average molecular weight is 454 g/mol. The Morgan fingerprint density at radius 2 is 1.82 bits per heavy atom. The molecule has 1 aromatic carbocycles. The van der Waals surface area contributed by atoms with E-state index >= 15 is 0 Å². The Labute approximate surface area is 193 Å². The number of benzene rings is 1. The molecule has 0 aliphatic carbocycles. The van der Waals surface area contributed by atoms with Gasteiger partial charge >= 0.3 is 0 Å². The van der Waals surface area contributed by atoms with Crippen LogP contribution < -0.4 is 5.32 Å². The lowest BCUT2D eigenvalue weighted by atomic mass is 9.96. The minimum Gasteiger partial charge on any atom is -0.459 e. The van der Waals surface area contributed by atoms with Crippen molar-refractivity contribution in [3.63, 3.8) is 0 Å². The van der Waals surface area contributed by atoms with Crippen molar-refractivity contribution in [2.75, 3.05) is 26.2 Å². The largest absolute Gasteiger partial charge is 0.459 e. The molecule has 2 aliphatic rings. The molecule has 8 nitrogen and oxygen atoms in total. The zero-order valence-electron chi connectivity index (χ0n) is 19.4. The first-order valence-corrected chi connectivity index (χ1v) is 11.5. The summed E-state index contributed by atoms with van der Waals surface area (Å²) in [5.41, 5.74) is 0.651. The highest BCUT2D eigenvalue weighted by Gasteiger charge is 2.54. The van der Waals surface area contributed by atoms with Gasteiger partial charge in [0.2, 0.25) is 5.91 Å². The van der Waals surface area contributed by atoms with Crippen LogP contribution in [-0.2, 0) is 9.53 Å². The van der Waals surface area contributed by atoms with Crippen LogP contribution in [-0.4, -0.2) is 65.5 Å². The number of carbonyl (C=O) groups excluding carboxylic acids is 3. The lowest BCUT2D eigenvalue weighted by molar-refractivity contribution is -0.128. The Bertz CT molecular complexity index is 1010. The van der Waals surface area contributed by atoms with Gasteiger partial charge in [-0.2, -0.15) is 0 Å². The molecule has 0 radical (unpaired) electrons. The third-order valence-electron chi connectivity index (χ3n) is 6.41. The Morgan fingerprint density at radius 1 is 1.09 bits per heavy atom. The highest BCUT2D eigenvalue weighted by Crippen LogP contribution is 2.39. The van der Waals surface area contributed by atoms with Crippen LogP contribution in [0, 0.1) is 12.8 Å². The van der Waals surface area contributed by atoms with Crippen LogP contribution in [0.25, 0.3) is 0 Å². The van der Waals surface area contributed by atoms with Crippen molar-refractivity contribution in [1.82, 2.24) is 15.1 Å². The second-order valence-corrected chi connectivity index (χ2v) is 9.17. The Kier molecular flexibility index (Phi) is 6.56. The van der Waals surface area contributed by atoms with Gasteiger partial charge < -0.3 is 19.4 Å². The lowest BCUT2D eigenvalue weighted by Gasteiger charge is -2.44. The summed E-state index contributed by atoms with van der Waals surface area (Å²) in [4.78, 5) is 42.8.